The van der Waals surface area contributed by atoms with Crippen LogP contribution in [-0.2, 0) is 4.29 Å². The van der Waals surface area contributed by atoms with Crippen molar-refractivity contribution in [2.24, 2.45) is 0 Å². The Kier molecular flexibility index (Phi) is 5.71. The minimum absolute atomic E-state index is 0. The molecule has 3 nitrogen and oxygen atoms in total. The smallest absolute Gasteiger partial charge is 0.320 e. The van der Waals surface area contributed by atoms with Crippen molar-refractivity contribution in [1.29, 1.82) is 0 Å². The summed E-state index contributed by atoms with van der Waals surface area (Å²) < 4.78 is 76.7. The fourth-order valence-corrected chi connectivity index (χ4v) is 0.369. The van der Waals surface area contributed by atoms with Gasteiger partial charge in [0.1, 0.15) is 4.29 Å². The van der Waals surface area contributed by atoms with Crippen LogP contribution in [0.1, 0.15) is 0 Å². The first kappa shape index (κ1) is 14.9. The van der Waals surface area contributed by atoms with E-state index < -0.39 is 23.1 Å². The topological polar surface area (TPSA) is 55.3 Å². The molecule has 0 aromatic carbocycles. The maximum Gasteiger partial charge on any atom is 0.554 e. The van der Waals surface area contributed by atoms with E-state index in [1.165, 1.54) is 0 Å². The molecule has 0 saturated heterocycles. The van der Waals surface area contributed by atoms with E-state index in [1.807, 2.05) is 0 Å². The summed E-state index contributed by atoms with van der Waals surface area (Å²) in [5, 5.41) is 0. The Labute approximate surface area is 78.1 Å². The van der Waals surface area contributed by atoms with E-state index in [9.17, 15) is 31.3 Å². The molecule has 0 unspecified atom stereocenters. The number of hydrogen-bond acceptors (Lipinski definition) is 3. The van der Waals surface area contributed by atoms with Crippen molar-refractivity contribution < 1.29 is 46.3 Å². The fourth-order valence-electron chi connectivity index (χ4n) is 0.123. The van der Waals surface area contributed by atoms with Crippen molar-refractivity contribution in [3.05, 3.63) is 0 Å². The van der Waals surface area contributed by atoms with Gasteiger partial charge in [-0.25, -0.2) is 0 Å². The molecule has 0 aromatic rings. The molecule has 0 bridgehead atoms. The third kappa shape index (κ3) is 4.44. The van der Waals surface area contributed by atoms with Crippen LogP contribution in [0.25, 0.3) is 0 Å². The summed E-state index contributed by atoms with van der Waals surface area (Å²) >= 11 is 0. The van der Waals surface area contributed by atoms with Gasteiger partial charge in [-0.3, -0.25) is 0 Å². The number of rotatable bonds is 2. The van der Waals surface area contributed by atoms with Crippen LogP contribution in [-0.4, -0.2) is 31.1 Å². The normalized spacial score (nSPS) is 13.0. The van der Waals surface area contributed by atoms with Gasteiger partial charge in [0.05, 0.1) is 0 Å². The van der Waals surface area contributed by atoms with Gasteiger partial charge in [-0.2, -0.15) is 22.0 Å². The number of halogens is 6. The maximum atomic E-state index is 11.4. The first-order valence-electron chi connectivity index (χ1n) is 1.86. The maximum absolute atomic E-state index is 11.4. The van der Waals surface area contributed by atoms with Crippen LogP contribution in [0.5, 0.6) is 0 Å². The van der Waals surface area contributed by atoms with Crippen LogP contribution >= 0.6 is 0 Å². The Hall–Kier alpha value is 0.417. The van der Waals surface area contributed by atoms with Gasteiger partial charge in [-0.15, -0.1) is 0 Å². The quantitative estimate of drug-likeness (QED) is 0.427. The van der Waals surface area contributed by atoms with Crippen molar-refractivity contribution >= 4 is 18.9 Å². The average Bonchev–Trinajstić information content (AvgIpc) is 1.56. The van der Waals surface area contributed by atoms with Crippen molar-refractivity contribution in [1.82, 2.24) is 0 Å². The predicted molar refractivity (Wildman–Crippen MR) is 17.8 cm³/mol. The Balaban J connectivity index is 0. The molecular weight excluding hydrogens is 209 g/mol. The summed E-state index contributed by atoms with van der Waals surface area (Å²) in [6.45, 7) is 0. The number of hydrogen-bond donors (Lipinski definition) is 0. The monoisotopic (exact) mass is 209 g/mol. The molecule has 0 saturated carbocycles. The zero-order valence-electron chi connectivity index (χ0n) is 5.49. The molecule has 0 amide bonds. The third-order valence-corrected chi connectivity index (χ3v) is 0.810. The molecule has 69 valence electrons. The zero-order valence-corrected chi connectivity index (χ0v) is 6.25. The molecule has 0 heterocycles. The molecule has 10 heteroatoms. The first-order valence-corrected chi connectivity index (χ1v) is 2.79. The molecule has 0 atom stereocenters. The molecule has 0 fully saturated rings. The standard InChI is InChI=1S/C2ClF5O3.Li/c4-1(5,6)2(7,8)11-3(9)10;. The van der Waals surface area contributed by atoms with E-state index in [2.05, 4.69) is 4.29 Å². The minimum Gasteiger partial charge on any atom is -0.320 e. The van der Waals surface area contributed by atoms with Crippen LogP contribution in [0, 0.1) is 10.8 Å². The first-order chi connectivity index (χ1) is 4.67. The molecule has 12 heavy (non-hydrogen) atoms. The van der Waals surface area contributed by atoms with Gasteiger partial charge in [-0.1, -0.05) is 0 Å². The summed E-state index contributed by atoms with van der Waals surface area (Å²) in [6, 6.07) is 0. The van der Waals surface area contributed by atoms with Gasteiger partial charge < -0.3 is 9.32 Å². The summed E-state index contributed by atoms with van der Waals surface area (Å²) in [5.41, 5.74) is 0. The van der Waals surface area contributed by atoms with E-state index in [-0.39, 0.29) is 18.9 Å². The van der Waals surface area contributed by atoms with E-state index >= 15 is 0 Å². The Morgan fingerprint density at radius 2 is 1.33 bits per heavy atom. The summed E-state index contributed by atoms with van der Waals surface area (Å²) in [6.07, 6.45) is -11.7. The fraction of sp³-hybridized carbons (Fsp3) is 1.00. The minimum atomic E-state index is -6.03. The van der Waals surface area contributed by atoms with Crippen LogP contribution in [0.2, 0.25) is 0 Å². The van der Waals surface area contributed by atoms with Gasteiger partial charge in [-0.05, 0) is 0 Å². The summed E-state index contributed by atoms with van der Waals surface area (Å²) in [5.74, 6) is 0. The van der Waals surface area contributed by atoms with Crippen LogP contribution in [0.3, 0.4) is 0 Å². The van der Waals surface area contributed by atoms with Crippen molar-refractivity contribution in [2.75, 3.05) is 0 Å². The molecule has 0 spiro atoms. The van der Waals surface area contributed by atoms with Crippen molar-refractivity contribution in [3.8, 4) is 0 Å². The molecular formula is C2ClF5LiO3. The molecule has 0 aliphatic carbocycles. The van der Waals surface area contributed by atoms with E-state index in [4.69, 9.17) is 0 Å². The Morgan fingerprint density at radius 1 is 1.00 bits per heavy atom. The SMILES string of the molecule is [Li].[O-][Cl+2]([O-])OC(F)(F)C(F)(F)F. The Morgan fingerprint density at radius 3 is 1.42 bits per heavy atom. The summed E-state index contributed by atoms with van der Waals surface area (Å²) in [4.78, 5) is 0. The largest absolute Gasteiger partial charge is 0.554 e. The summed E-state index contributed by atoms with van der Waals surface area (Å²) in [7, 11) is -3.58. The average molecular weight is 209 g/mol. The van der Waals surface area contributed by atoms with E-state index in [1.54, 1.807) is 0 Å². The number of alkyl halides is 5. The van der Waals surface area contributed by atoms with Crippen LogP contribution in [0.15, 0.2) is 0 Å². The van der Waals surface area contributed by atoms with Crippen LogP contribution < -0.4 is 9.32 Å². The van der Waals surface area contributed by atoms with Gasteiger partial charge in [0, 0.05) is 18.9 Å². The molecule has 0 N–H and O–H groups in total. The van der Waals surface area contributed by atoms with Gasteiger partial charge in [0.15, 0.2) is 0 Å². The molecule has 0 aliphatic heterocycles. The Bertz CT molecular complexity index is 137. The second-order valence-electron chi connectivity index (χ2n) is 1.28. The van der Waals surface area contributed by atoms with E-state index in [0.717, 1.165) is 0 Å². The second-order valence-corrected chi connectivity index (χ2v) is 1.81. The molecule has 0 aliphatic rings. The zero-order chi connectivity index (χ0) is 9.28. The second kappa shape index (κ2) is 4.60. The molecule has 0 aromatic heterocycles. The molecule has 1 radical (unpaired) electrons. The van der Waals surface area contributed by atoms with Crippen LogP contribution in [0.4, 0.5) is 22.0 Å². The van der Waals surface area contributed by atoms with Gasteiger partial charge in [0.2, 0.25) is 0 Å². The third-order valence-electron chi connectivity index (χ3n) is 0.490. The van der Waals surface area contributed by atoms with Crippen molar-refractivity contribution in [3.63, 3.8) is 0 Å². The predicted octanol–water partition coefficient (Wildman–Crippen LogP) is -1.14. The van der Waals surface area contributed by atoms with Gasteiger partial charge in [0.25, 0.3) is 10.8 Å². The van der Waals surface area contributed by atoms with Gasteiger partial charge >= 0.3 is 12.3 Å². The van der Waals surface area contributed by atoms with E-state index in [0.29, 0.717) is 0 Å². The molecule has 0 rings (SSSR count). The van der Waals surface area contributed by atoms with Crippen molar-refractivity contribution in [2.45, 2.75) is 12.3 Å².